The fourth-order valence-electron chi connectivity index (χ4n) is 2.55. The van der Waals surface area contributed by atoms with Gasteiger partial charge in [-0.05, 0) is 30.5 Å². The third kappa shape index (κ3) is 4.93. The summed E-state index contributed by atoms with van der Waals surface area (Å²) in [7, 11) is 0. The maximum absolute atomic E-state index is 12.8. The van der Waals surface area contributed by atoms with Crippen LogP contribution >= 0.6 is 11.8 Å². The highest BCUT2D eigenvalue weighted by Gasteiger charge is 2.20. The molecule has 0 bridgehead atoms. The monoisotopic (exact) mass is 366 g/mol. The van der Waals surface area contributed by atoms with Gasteiger partial charge in [0, 0.05) is 13.2 Å². The number of carbonyl (C=O) groups is 1. The summed E-state index contributed by atoms with van der Waals surface area (Å²) in [4.78, 5) is 23.8. The maximum atomic E-state index is 12.8. The van der Waals surface area contributed by atoms with Crippen molar-refractivity contribution in [3.05, 3.63) is 46.1 Å². The minimum absolute atomic E-state index is 0.0157. The summed E-state index contributed by atoms with van der Waals surface area (Å²) in [5.41, 5.74) is 0.513. The quantitative estimate of drug-likeness (QED) is 0.721. The zero-order chi connectivity index (χ0) is 17.6. The van der Waals surface area contributed by atoms with Gasteiger partial charge in [0.15, 0.2) is 5.16 Å². The summed E-state index contributed by atoms with van der Waals surface area (Å²) in [6, 6.07) is 5.94. The van der Waals surface area contributed by atoms with Gasteiger partial charge in [0.1, 0.15) is 5.82 Å². The molecule has 0 saturated carbocycles. The first-order valence-electron chi connectivity index (χ1n) is 8.02. The van der Waals surface area contributed by atoms with E-state index in [1.807, 2.05) is 0 Å². The highest BCUT2D eigenvalue weighted by Crippen LogP contribution is 2.17. The number of nitrogens with zero attached hydrogens (tertiary/aromatic N) is 2. The lowest BCUT2D eigenvalue weighted by Gasteiger charge is -2.11. The van der Waals surface area contributed by atoms with Crippen LogP contribution in [0, 0.1) is 5.82 Å². The number of aromatic nitrogens is 3. The highest BCUT2D eigenvalue weighted by atomic mass is 32.2. The fourth-order valence-corrected chi connectivity index (χ4v) is 3.34. The standard InChI is InChI=1S/C16H19FN4O3S/c17-12-5-3-11(4-6-12)8-18-14(22)10-25-16-20-19-15(23)21(16)9-13-2-1-7-24-13/h3-6,13H,1-2,7-10H2,(H,18,22)(H,19,23)/t13-/m0/s1. The molecule has 2 heterocycles. The zero-order valence-electron chi connectivity index (χ0n) is 13.5. The van der Waals surface area contributed by atoms with Crippen LogP contribution in [0.25, 0.3) is 0 Å². The second kappa shape index (κ2) is 8.30. The predicted molar refractivity (Wildman–Crippen MR) is 90.8 cm³/mol. The molecule has 1 atom stereocenters. The van der Waals surface area contributed by atoms with E-state index in [0.717, 1.165) is 18.4 Å². The van der Waals surface area contributed by atoms with Crippen LogP contribution in [0.1, 0.15) is 18.4 Å². The summed E-state index contributed by atoms with van der Waals surface area (Å²) in [6.07, 6.45) is 1.92. The van der Waals surface area contributed by atoms with E-state index in [0.29, 0.717) is 24.9 Å². The number of halogens is 1. The van der Waals surface area contributed by atoms with E-state index in [-0.39, 0.29) is 29.3 Å². The van der Waals surface area contributed by atoms with Gasteiger partial charge in [0.05, 0.1) is 18.4 Å². The number of H-pyrrole nitrogens is 1. The van der Waals surface area contributed by atoms with Crippen LogP contribution in [0.3, 0.4) is 0 Å². The van der Waals surface area contributed by atoms with Crippen molar-refractivity contribution in [2.75, 3.05) is 12.4 Å². The van der Waals surface area contributed by atoms with Crippen molar-refractivity contribution in [1.29, 1.82) is 0 Å². The zero-order valence-corrected chi connectivity index (χ0v) is 14.4. The Balaban J connectivity index is 1.50. The minimum Gasteiger partial charge on any atom is -0.376 e. The topological polar surface area (TPSA) is 89.0 Å². The van der Waals surface area contributed by atoms with Crippen LogP contribution in [0.4, 0.5) is 4.39 Å². The lowest BCUT2D eigenvalue weighted by atomic mass is 10.2. The van der Waals surface area contributed by atoms with Gasteiger partial charge in [0.25, 0.3) is 0 Å². The molecule has 25 heavy (non-hydrogen) atoms. The molecule has 1 aromatic carbocycles. The number of thioether (sulfide) groups is 1. The molecule has 134 valence electrons. The Bertz CT molecular complexity index is 768. The van der Waals surface area contributed by atoms with Gasteiger partial charge in [-0.3, -0.25) is 9.36 Å². The molecule has 0 radical (unpaired) electrons. The number of aromatic amines is 1. The molecule has 0 aliphatic carbocycles. The third-order valence-electron chi connectivity index (χ3n) is 3.87. The van der Waals surface area contributed by atoms with Crippen LogP contribution in [0.2, 0.25) is 0 Å². The molecular formula is C16H19FN4O3S. The molecule has 1 amide bonds. The summed E-state index contributed by atoms with van der Waals surface area (Å²) in [5.74, 6) is -0.362. The third-order valence-corrected chi connectivity index (χ3v) is 4.85. The number of nitrogens with one attached hydrogen (secondary N) is 2. The SMILES string of the molecule is O=C(CSc1n[nH]c(=O)n1C[C@@H]1CCCO1)NCc1ccc(F)cc1. The van der Waals surface area contributed by atoms with Gasteiger partial charge in [-0.25, -0.2) is 14.3 Å². The van der Waals surface area contributed by atoms with Crippen molar-refractivity contribution < 1.29 is 13.9 Å². The fraction of sp³-hybridized carbons (Fsp3) is 0.438. The molecule has 2 aromatic rings. The van der Waals surface area contributed by atoms with Gasteiger partial charge < -0.3 is 10.1 Å². The van der Waals surface area contributed by atoms with Crippen LogP contribution in [0.15, 0.2) is 34.2 Å². The Labute approximate surface area is 148 Å². The Morgan fingerprint density at radius 3 is 2.96 bits per heavy atom. The molecular weight excluding hydrogens is 347 g/mol. The van der Waals surface area contributed by atoms with Gasteiger partial charge in [-0.2, -0.15) is 0 Å². The maximum Gasteiger partial charge on any atom is 0.344 e. The lowest BCUT2D eigenvalue weighted by Crippen LogP contribution is -2.26. The van der Waals surface area contributed by atoms with Crippen molar-refractivity contribution in [3.8, 4) is 0 Å². The smallest absolute Gasteiger partial charge is 0.344 e. The number of hydrogen-bond donors (Lipinski definition) is 2. The Morgan fingerprint density at radius 1 is 1.44 bits per heavy atom. The van der Waals surface area contributed by atoms with E-state index in [2.05, 4.69) is 15.5 Å². The number of amides is 1. The minimum atomic E-state index is -0.312. The molecule has 1 aromatic heterocycles. The summed E-state index contributed by atoms with van der Waals surface area (Å²) in [5, 5.41) is 9.61. The van der Waals surface area contributed by atoms with Crippen molar-refractivity contribution >= 4 is 17.7 Å². The van der Waals surface area contributed by atoms with Crippen LogP contribution in [0.5, 0.6) is 0 Å². The van der Waals surface area contributed by atoms with Crippen LogP contribution in [-0.2, 0) is 22.6 Å². The van der Waals surface area contributed by atoms with E-state index >= 15 is 0 Å². The first kappa shape index (κ1) is 17.7. The van der Waals surface area contributed by atoms with Crippen LogP contribution < -0.4 is 11.0 Å². The molecule has 7 nitrogen and oxygen atoms in total. The molecule has 9 heteroatoms. The average Bonchev–Trinajstić information content (AvgIpc) is 3.24. The normalized spacial score (nSPS) is 16.9. The van der Waals surface area contributed by atoms with Crippen molar-refractivity contribution in [2.24, 2.45) is 0 Å². The Kier molecular flexibility index (Phi) is 5.87. The van der Waals surface area contributed by atoms with Gasteiger partial charge >= 0.3 is 5.69 Å². The summed E-state index contributed by atoms with van der Waals surface area (Å²) < 4.78 is 19.9. The molecule has 2 N–H and O–H groups in total. The number of carbonyl (C=O) groups excluding carboxylic acids is 1. The van der Waals surface area contributed by atoms with Crippen molar-refractivity contribution in [1.82, 2.24) is 20.1 Å². The number of ether oxygens (including phenoxy) is 1. The molecule has 3 rings (SSSR count). The second-order valence-corrected chi connectivity index (χ2v) is 6.69. The lowest BCUT2D eigenvalue weighted by molar-refractivity contribution is -0.118. The number of hydrogen-bond acceptors (Lipinski definition) is 5. The van der Waals surface area contributed by atoms with E-state index < -0.39 is 0 Å². The molecule has 1 aliphatic rings. The molecule has 1 saturated heterocycles. The molecule has 0 unspecified atom stereocenters. The van der Waals surface area contributed by atoms with Crippen LogP contribution in [-0.4, -0.2) is 39.1 Å². The first-order chi connectivity index (χ1) is 12.1. The largest absolute Gasteiger partial charge is 0.376 e. The molecule has 1 fully saturated rings. The van der Waals surface area contributed by atoms with Gasteiger partial charge in [-0.1, -0.05) is 23.9 Å². The second-order valence-electron chi connectivity index (χ2n) is 5.75. The van der Waals surface area contributed by atoms with E-state index in [1.54, 1.807) is 12.1 Å². The van der Waals surface area contributed by atoms with E-state index in [9.17, 15) is 14.0 Å². The molecule has 1 aliphatic heterocycles. The summed E-state index contributed by atoms with van der Waals surface area (Å²) >= 11 is 1.19. The number of rotatable bonds is 7. The van der Waals surface area contributed by atoms with Crippen molar-refractivity contribution in [2.45, 2.75) is 37.2 Å². The highest BCUT2D eigenvalue weighted by molar-refractivity contribution is 7.99. The van der Waals surface area contributed by atoms with E-state index in [4.69, 9.17) is 4.74 Å². The Hall–Kier alpha value is -2.13. The Morgan fingerprint density at radius 2 is 2.24 bits per heavy atom. The van der Waals surface area contributed by atoms with E-state index in [1.165, 1.54) is 28.5 Å². The van der Waals surface area contributed by atoms with Crippen molar-refractivity contribution in [3.63, 3.8) is 0 Å². The van der Waals surface area contributed by atoms with Gasteiger partial charge in [-0.15, -0.1) is 5.10 Å². The van der Waals surface area contributed by atoms with Gasteiger partial charge in [0.2, 0.25) is 5.91 Å². The average molecular weight is 366 g/mol. The number of benzene rings is 1. The summed E-state index contributed by atoms with van der Waals surface area (Å²) in [6.45, 7) is 1.48. The first-order valence-corrected chi connectivity index (χ1v) is 9.01. The molecule has 0 spiro atoms. The predicted octanol–water partition coefficient (Wildman–Crippen LogP) is 1.30.